The van der Waals surface area contributed by atoms with Crippen LogP contribution in [0.4, 0.5) is 0 Å². The van der Waals surface area contributed by atoms with Crippen molar-refractivity contribution in [1.82, 2.24) is 4.90 Å². The van der Waals surface area contributed by atoms with E-state index >= 15 is 0 Å². The van der Waals surface area contributed by atoms with Crippen LogP contribution < -0.4 is 5.14 Å². The molecule has 1 atom stereocenters. The molecule has 22 heavy (non-hydrogen) atoms. The summed E-state index contributed by atoms with van der Waals surface area (Å²) in [6.45, 7) is 1.43. The highest BCUT2D eigenvalue weighted by atomic mass is 32.2. The zero-order chi connectivity index (χ0) is 16.4. The molecule has 1 unspecified atom stereocenters. The second kappa shape index (κ2) is 6.66. The van der Waals surface area contributed by atoms with Gasteiger partial charge in [-0.05, 0) is 37.1 Å². The summed E-state index contributed by atoms with van der Waals surface area (Å²) in [5.74, 6) is -0.0333. The molecular weight excluding hydrogens is 324 g/mol. The molecule has 1 saturated heterocycles. The summed E-state index contributed by atoms with van der Waals surface area (Å²) in [6, 6.07) is 6.66. The van der Waals surface area contributed by atoms with Crippen LogP contribution in [0.15, 0.2) is 29.2 Å². The smallest absolute Gasteiger partial charge is 0.210 e. The zero-order valence-electron chi connectivity index (χ0n) is 12.6. The quantitative estimate of drug-likeness (QED) is 0.848. The molecule has 0 amide bonds. The fraction of sp³-hybridized carbons (Fsp3) is 0.571. The van der Waals surface area contributed by atoms with E-state index in [0.29, 0.717) is 6.54 Å². The van der Waals surface area contributed by atoms with Crippen molar-refractivity contribution in [3.63, 3.8) is 0 Å². The summed E-state index contributed by atoms with van der Waals surface area (Å²) >= 11 is 0. The lowest BCUT2D eigenvalue weighted by molar-refractivity contribution is 0.154. The van der Waals surface area contributed by atoms with Crippen LogP contribution in [0.5, 0.6) is 0 Å². The predicted molar refractivity (Wildman–Crippen MR) is 85.6 cm³/mol. The van der Waals surface area contributed by atoms with Crippen molar-refractivity contribution in [3.8, 4) is 0 Å². The van der Waals surface area contributed by atoms with Gasteiger partial charge in [-0.2, -0.15) is 0 Å². The monoisotopic (exact) mass is 346 g/mol. The molecule has 0 bridgehead atoms. The summed E-state index contributed by atoms with van der Waals surface area (Å²) in [5, 5.41) is 5.17. The molecule has 0 spiro atoms. The normalized spacial score (nSPS) is 20.9. The Bertz CT molecular complexity index is 712. The maximum absolute atomic E-state index is 11.5. The zero-order valence-corrected chi connectivity index (χ0v) is 14.2. The number of nitrogens with zero attached hydrogens (tertiary/aromatic N) is 1. The van der Waals surface area contributed by atoms with Gasteiger partial charge in [-0.25, -0.2) is 22.0 Å². The number of likely N-dealkylation sites (tertiary alicyclic amines) is 1. The van der Waals surface area contributed by atoms with E-state index in [9.17, 15) is 16.8 Å². The van der Waals surface area contributed by atoms with Crippen LogP contribution in [-0.4, -0.2) is 46.3 Å². The Kier molecular flexibility index (Phi) is 5.26. The Labute approximate surface area is 132 Å². The number of piperidine rings is 1. The van der Waals surface area contributed by atoms with Crippen LogP contribution in [0.1, 0.15) is 24.8 Å². The highest BCUT2D eigenvalue weighted by Gasteiger charge is 2.26. The molecule has 1 aliphatic heterocycles. The summed E-state index contributed by atoms with van der Waals surface area (Å²) in [5.41, 5.74) is 0.966. The molecular formula is C14H22N2O4S2. The topological polar surface area (TPSA) is 97.5 Å². The molecule has 1 aromatic carbocycles. The van der Waals surface area contributed by atoms with Crippen LogP contribution in [-0.2, 0) is 26.4 Å². The third-order valence-corrected chi connectivity index (χ3v) is 5.89. The van der Waals surface area contributed by atoms with E-state index in [4.69, 9.17) is 5.14 Å². The molecule has 1 heterocycles. The van der Waals surface area contributed by atoms with E-state index in [0.717, 1.165) is 31.4 Å². The molecule has 0 saturated carbocycles. The number of rotatable bonds is 5. The fourth-order valence-electron chi connectivity index (χ4n) is 2.80. The van der Waals surface area contributed by atoms with Gasteiger partial charge in [-0.3, -0.25) is 4.90 Å². The Balaban J connectivity index is 2.10. The molecule has 2 rings (SSSR count). The highest BCUT2D eigenvalue weighted by Crippen LogP contribution is 2.21. The van der Waals surface area contributed by atoms with E-state index < -0.39 is 19.9 Å². The largest absolute Gasteiger partial charge is 0.295 e. The second-order valence-electron chi connectivity index (χ2n) is 5.87. The molecule has 0 radical (unpaired) electrons. The average Bonchev–Trinajstić information content (AvgIpc) is 2.39. The van der Waals surface area contributed by atoms with Crippen molar-refractivity contribution in [3.05, 3.63) is 29.8 Å². The average molecular weight is 346 g/mol. The molecule has 0 aromatic heterocycles. The SMILES string of the molecule is CS(=O)(=O)c1ccc(CN2CCCCC2CS(N)(=O)=O)cc1. The maximum Gasteiger partial charge on any atom is 0.210 e. The number of hydrogen-bond acceptors (Lipinski definition) is 5. The number of primary sulfonamides is 1. The van der Waals surface area contributed by atoms with E-state index in [1.807, 2.05) is 0 Å². The van der Waals surface area contributed by atoms with Gasteiger partial charge >= 0.3 is 0 Å². The van der Waals surface area contributed by atoms with Crippen LogP contribution in [0.25, 0.3) is 0 Å². The molecule has 0 aliphatic carbocycles. The molecule has 124 valence electrons. The first-order valence-corrected chi connectivity index (χ1v) is 10.8. The fourth-order valence-corrected chi connectivity index (χ4v) is 4.35. The number of sulfone groups is 1. The van der Waals surface area contributed by atoms with Gasteiger partial charge in [0.1, 0.15) is 0 Å². The molecule has 1 aromatic rings. The van der Waals surface area contributed by atoms with Crippen LogP contribution in [0, 0.1) is 0 Å². The maximum atomic E-state index is 11.5. The number of hydrogen-bond donors (Lipinski definition) is 1. The summed E-state index contributed by atoms with van der Waals surface area (Å²) in [4.78, 5) is 2.40. The number of sulfonamides is 1. The molecule has 2 N–H and O–H groups in total. The van der Waals surface area contributed by atoms with E-state index in [1.54, 1.807) is 24.3 Å². The minimum Gasteiger partial charge on any atom is -0.295 e. The van der Waals surface area contributed by atoms with Crippen molar-refractivity contribution >= 4 is 19.9 Å². The van der Waals surface area contributed by atoms with Gasteiger partial charge in [-0.15, -0.1) is 0 Å². The van der Waals surface area contributed by atoms with Crippen molar-refractivity contribution in [2.45, 2.75) is 36.7 Å². The van der Waals surface area contributed by atoms with Crippen LogP contribution in [0.3, 0.4) is 0 Å². The van der Waals surface area contributed by atoms with E-state index in [2.05, 4.69) is 4.90 Å². The van der Waals surface area contributed by atoms with Crippen LogP contribution >= 0.6 is 0 Å². The van der Waals surface area contributed by atoms with Gasteiger partial charge in [0, 0.05) is 18.8 Å². The lowest BCUT2D eigenvalue weighted by Crippen LogP contribution is -2.44. The summed E-state index contributed by atoms with van der Waals surface area (Å²) in [6.07, 6.45) is 4.03. The summed E-state index contributed by atoms with van der Waals surface area (Å²) < 4.78 is 45.6. The minimum absolute atomic E-state index is 0.0333. The van der Waals surface area contributed by atoms with E-state index in [1.165, 1.54) is 6.26 Å². The van der Waals surface area contributed by atoms with E-state index in [-0.39, 0.29) is 16.7 Å². The van der Waals surface area contributed by atoms with Gasteiger partial charge in [0.2, 0.25) is 10.0 Å². The molecule has 1 fully saturated rings. The predicted octanol–water partition coefficient (Wildman–Crippen LogP) is 0.733. The van der Waals surface area contributed by atoms with Crippen LogP contribution in [0.2, 0.25) is 0 Å². The van der Waals surface area contributed by atoms with Crippen molar-refractivity contribution < 1.29 is 16.8 Å². The van der Waals surface area contributed by atoms with Gasteiger partial charge in [0.15, 0.2) is 9.84 Å². The lowest BCUT2D eigenvalue weighted by Gasteiger charge is -2.35. The summed E-state index contributed by atoms with van der Waals surface area (Å²) in [7, 11) is -6.69. The molecule has 8 heteroatoms. The first-order valence-electron chi connectivity index (χ1n) is 7.19. The standard InChI is InChI=1S/C14H22N2O4S2/c1-21(17,18)14-7-5-12(6-8-14)10-16-9-3-2-4-13(16)11-22(15,19)20/h5-8,13H,2-4,9-11H2,1H3,(H2,15,19,20). The first-order chi connectivity index (χ1) is 10.1. The first kappa shape index (κ1) is 17.4. The van der Waals surface area contributed by atoms with Crippen molar-refractivity contribution in [2.24, 2.45) is 5.14 Å². The number of nitrogens with two attached hydrogens (primary N) is 1. The Morgan fingerprint density at radius 3 is 2.32 bits per heavy atom. The van der Waals surface area contributed by atoms with Gasteiger partial charge < -0.3 is 0 Å². The lowest BCUT2D eigenvalue weighted by atomic mass is 10.0. The number of benzene rings is 1. The third-order valence-electron chi connectivity index (χ3n) is 3.91. The second-order valence-corrected chi connectivity index (χ2v) is 9.54. The minimum atomic E-state index is -3.50. The molecule has 6 nitrogen and oxygen atoms in total. The third kappa shape index (κ3) is 5.05. The Morgan fingerprint density at radius 1 is 1.14 bits per heavy atom. The van der Waals surface area contributed by atoms with Crippen molar-refractivity contribution in [2.75, 3.05) is 18.6 Å². The molecule has 1 aliphatic rings. The van der Waals surface area contributed by atoms with Crippen molar-refractivity contribution in [1.29, 1.82) is 0 Å². The van der Waals surface area contributed by atoms with Gasteiger partial charge in [0.25, 0.3) is 0 Å². The van der Waals surface area contributed by atoms with Gasteiger partial charge in [-0.1, -0.05) is 18.6 Å². The highest BCUT2D eigenvalue weighted by molar-refractivity contribution is 7.90. The Morgan fingerprint density at radius 2 is 1.77 bits per heavy atom. The Hall–Kier alpha value is -0.960. The van der Waals surface area contributed by atoms with Gasteiger partial charge in [0.05, 0.1) is 10.6 Å².